The first-order valence-corrected chi connectivity index (χ1v) is 8.62. The number of hydrogen-bond donors (Lipinski definition) is 0. The van der Waals surface area contributed by atoms with Crippen LogP contribution < -0.4 is 4.90 Å². The molecule has 0 amide bonds. The van der Waals surface area contributed by atoms with E-state index in [0.29, 0.717) is 25.6 Å². The zero-order chi connectivity index (χ0) is 17.4. The van der Waals surface area contributed by atoms with E-state index in [-0.39, 0.29) is 11.7 Å². The fraction of sp³-hybridized carbons (Fsp3) is 0.571. The molecule has 0 spiro atoms. The molecule has 4 nitrogen and oxygen atoms in total. The van der Waals surface area contributed by atoms with Crippen LogP contribution in [0.5, 0.6) is 0 Å². The molecule has 9 heteroatoms. The monoisotopic (exact) mass is 354 g/mol. The van der Waals surface area contributed by atoms with Crippen molar-refractivity contribution in [2.45, 2.75) is 29.8 Å². The zero-order valence-corrected chi connectivity index (χ0v) is 13.6. The second kappa shape index (κ2) is 6.27. The predicted octanol–water partition coefficient (Wildman–Crippen LogP) is 2.65. The highest BCUT2D eigenvalue weighted by molar-refractivity contribution is 7.92. The van der Waals surface area contributed by atoms with Gasteiger partial charge in [-0.1, -0.05) is 6.92 Å². The van der Waals surface area contributed by atoms with Crippen molar-refractivity contribution in [2.75, 3.05) is 31.6 Å². The first kappa shape index (κ1) is 18.0. The third-order valence-corrected chi connectivity index (χ3v) is 5.66. The number of sulfone groups is 1. The van der Waals surface area contributed by atoms with Crippen LogP contribution in [0.2, 0.25) is 0 Å². The van der Waals surface area contributed by atoms with Crippen LogP contribution in [0, 0.1) is 5.82 Å². The Hall–Kier alpha value is -1.35. The Kier molecular flexibility index (Phi) is 4.91. The Morgan fingerprint density at radius 1 is 1.35 bits per heavy atom. The van der Waals surface area contributed by atoms with Crippen molar-refractivity contribution in [3.8, 4) is 0 Å². The smallest absolute Gasteiger partial charge is 0.369 e. The number of hydrogen-bond acceptors (Lipinski definition) is 4. The van der Waals surface area contributed by atoms with Crippen LogP contribution in [-0.4, -0.2) is 51.5 Å². The molecule has 0 aromatic heterocycles. The molecular weight excluding hydrogens is 336 g/mol. The van der Waals surface area contributed by atoms with Crippen molar-refractivity contribution in [1.82, 2.24) is 4.90 Å². The summed E-state index contributed by atoms with van der Waals surface area (Å²) in [5.41, 5.74) is -5.56. The number of anilines is 1. The van der Waals surface area contributed by atoms with Crippen molar-refractivity contribution in [1.29, 1.82) is 0 Å². The third-order valence-electron chi connectivity index (χ3n) is 4.14. The Balaban J connectivity index is 2.42. The lowest BCUT2D eigenvalue weighted by atomic mass is 10.2. The van der Waals surface area contributed by atoms with Gasteiger partial charge in [0.25, 0.3) is 9.84 Å². The van der Waals surface area contributed by atoms with Gasteiger partial charge in [0.2, 0.25) is 0 Å². The van der Waals surface area contributed by atoms with Gasteiger partial charge in [-0.15, -0.1) is 0 Å². The van der Waals surface area contributed by atoms with E-state index >= 15 is 0 Å². The van der Waals surface area contributed by atoms with Crippen molar-refractivity contribution in [3.63, 3.8) is 0 Å². The minimum atomic E-state index is -5.61. The van der Waals surface area contributed by atoms with Gasteiger partial charge in [0, 0.05) is 19.1 Å². The lowest BCUT2D eigenvalue weighted by Crippen LogP contribution is -2.35. The Morgan fingerprint density at radius 2 is 2.00 bits per heavy atom. The largest absolute Gasteiger partial charge is 0.501 e. The minimum Gasteiger partial charge on any atom is -0.369 e. The average Bonchev–Trinajstić information content (AvgIpc) is 2.94. The lowest BCUT2D eigenvalue weighted by molar-refractivity contribution is -0.0435. The summed E-state index contributed by atoms with van der Waals surface area (Å²) in [6.45, 7) is 3.55. The molecule has 0 aliphatic carbocycles. The van der Waals surface area contributed by atoms with E-state index in [9.17, 15) is 26.0 Å². The second-order valence-electron chi connectivity index (χ2n) is 5.52. The molecule has 1 fully saturated rings. The fourth-order valence-corrected chi connectivity index (χ4v) is 3.66. The van der Waals surface area contributed by atoms with Crippen LogP contribution in [0.1, 0.15) is 13.3 Å². The quantitative estimate of drug-likeness (QED) is 0.780. The molecule has 0 saturated carbocycles. The Morgan fingerprint density at radius 3 is 2.57 bits per heavy atom. The normalized spacial score (nSPS) is 19.6. The molecule has 0 N–H and O–H groups in total. The van der Waals surface area contributed by atoms with Gasteiger partial charge < -0.3 is 9.80 Å². The van der Waals surface area contributed by atoms with E-state index in [1.807, 2.05) is 18.9 Å². The molecule has 1 atom stereocenters. The number of nitrogens with zero attached hydrogens (tertiary/aromatic N) is 2. The van der Waals surface area contributed by atoms with E-state index in [0.717, 1.165) is 18.7 Å². The van der Waals surface area contributed by atoms with Gasteiger partial charge in [0.15, 0.2) is 0 Å². The van der Waals surface area contributed by atoms with Crippen molar-refractivity contribution in [3.05, 3.63) is 24.0 Å². The maximum absolute atomic E-state index is 13.4. The topological polar surface area (TPSA) is 40.6 Å². The Bertz CT molecular complexity index is 676. The predicted molar refractivity (Wildman–Crippen MR) is 78.6 cm³/mol. The molecule has 1 aliphatic heterocycles. The molecule has 1 aromatic rings. The summed E-state index contributed by atoms with van der Waals surface area (Å²) in [6.07, 6.45) is 0.702. The third kappa shape index (κ3) is 3.45. The highest BCUT2D eigenvalue weighted by Crippen LogP contribution is 2.37. The van der Waals surface area contributed by atoms with E-state index in [1.165, 1.54) is 0 Å². The van der Waals surface area contributed by atoms with Crippen LogP contribution in [0.3, 0.4) is 0 Å². The van der Waals surface area contributed by atoms with E-state index in [4.69, 9.17) is 0 Å². The molecule has 1 unspecified atom stereocenters. The van der Waals surface area contributed by atoms with Crippen molar-refractivity contribution >= 4 is 15.5 Å². The van der Waals surface area contributed by atoms with E-state index in [1.54, 1.807) is 4.90 Å². The molecule has 1 aromatic carbocycles. The summed E-state index contributed by atoms with van der Waals surface area (Å²) in [5, 5.41) is 0. The first-order chi connectivity index (χ1) is 10.6. The molecule has 1 saturated heterocycles. The Labute approximate surface area is 132 Å². The number of rotatable bonds is 4. The molecular formula is C14H18F4N2O2S. The summed E-state index contributed by atoms with van der Waals surface area (Å²) >= 11 is 0. The second-order valence-corrected chi connectivity index (χ2v) is 7.43. The van der Waals surface area contributed by atoms with Crippen LogP contribution in [-0.2, 0) is 9.84 Å². The minimum absolute atomic E-state index is 0.101. The molecule has 1 aliphatic rings. The van der Waals surface area contributed by atoms with Gasteiger partial charge in [0.1, 0.15) is 10.7 Å². The molecule has 0 bridgehead atoms. The van der Waals surface area contributed by atoms with Gasteiger partial charge in [0.05, 0.1) is 5.69 Å². The summed E-state index contributed by atoms with van der Waals surface area (Å²) < 4.78 is 75.3. The molecule has 1 heterocycles. The first-order valence-electron chi connectivity index (χ1n) is 7.14. The van der Waals surface area contributed by atoms with Gasteiger partial charge >= 0.3 is 5.51 Å². The number of halogens is 4. The summed E-state index contributed by atoms with van der Waals surface area (Å²) in [5.74, 6) is -1.02. The van der Waals surface area contributed by atoms with Crippen LogP contribution >= 0.6 is 0 Å². The zero-order valence-electron chi connectivity index (χ0n) is 12.8. The van der Waals surface area contributed by atoms with Crippen LogP contribution in [0.4, 0.5) is 23.2 Å². The van der Waals surface area contributed by atoms with Crippen LogP contribution in [0.15, 0.2) is 23.1 Å². The van der Waals surface area contributed by atoms with Crippen LogP contribution in [0.25, 0.3) is 0 Å². The number of benzene rings is 1. The molecule has 23 heavy (non-hydrogen) atoms. The number of likely N-dealkylation sites (N-methyl/N-ethyl adjacent to an activating group) is 1. The van der Waals surface area contributed by atoms with Crippen molar-refractivity contribution in [2.24, 2.45) is 0 Å². The van der Waals surface area contributed by atoms with Gasteiger partial charge in [-0.05, 0) is 38.2 Å². The number of alkyl halides is 3. The lowest BCUT2D eigenvalue weighted by Gasteiger charge is -2.25. The SMILES string of the molecule is CCN(C)C1CCN(c2ccc(F)cc2S(=O)(=O)C(F)(F)F)C1. The van der Waals surface area contributed by atoms with E-state index in [2.05, 4.69) is 0 Å². The van der Waals surface area contributed by atoms with Crippen molar-refractivity contribution < 1.29 is 26.0 Å². The standard InChI is InChI=1S/C14H18F4N2O2S/c1-3-19(2)11-6-7-20(9-11)12-5-4-10(15)8-13(12)23(21,22)14(16,17)18/h4-5,8,11H,3,6-7,9H2,1-2H3. The fourth-order valence-electron chi connectivity index (χ4n) is 2.67. The highest BCUT2D eigenvalue weighted by atomic mass is 32.2. The summed E-state index contributed by atoms with van der Waals surface area (Å²) in [7, 11) is -3.71. The molecule has 2 rings (SSSR count). The van der Waals surface area contributed by atoms with E-state index < -0.39 is 26.1 Å². The average molecular weight is 354 g/mol. The van der Waals surface area contributed by atoms with Gasteiger partial charge in [-0.25, -0.2) is 12.8 Å². The maximum atomic E-state index is 13.4. The highest BCUT2D eigenvalue weighted by Gasteiger charge is 2.48. The summed E-state index contributed by atoms with van der Waals surface area (Å²) in [6, 6.07) is 2.63. The molecule has 0 radical (unpaired) electrons. The maximum Gasteiger partial charge on any atom is 0.501 e. The van der Waals surface area contributed by atoms with Gasteiger partial charge in [-0.3, -0.25) is 0 Å². The molecule has 130 valence electrons. The van der Waals surface area contributed by atoms with Gasteiger partial charge in [-0.2, -0.15) is 13.2 Å². The summed E-state index contributed by atoms with van der Waals surface area (Å²) in [4.78, 5) is 2.58.